The molecule has 0 spiro atoms. The van der Waals surface area contributed by atoms with Crippen molar-refractivity contribution < 1.29 is 9.59 Å². The van der Waals surface area contributed by atoms with Crippen LogP contribution in [-0.4, -0.2) is 42.5 Å². The molecule has 2 heterocycles. The maximum absolute atomic E-state index is 12.3. The van der Waals surface area contributed by atoms with Gasteiger partial charge in [-0.25, -0.2) is 4.79 Å². The summed E-state index contributed by atoms with van der Waals surface area (Å²) in [6.45, 7) is 2.56. The number of nitrogens with zero attached hydrogens (tertiary/aromatic N) is 1. The van der Waals surface area contributed by atoms with Crippen LogP contribution in [0.4, 0.5) is 16.2 Å². The van der Waals surface area contributed by atoms with Gasteiger partial charge in [-0.2, -0.15) is 0 Å². The average Bonchev–Trinajstić information content (AvgIpc) is 2.99. The van der Waals surface area contributed by atoms with Crippen molar-refractivity contribution in [2.45, 2.75) is 44.6 Å². The lowest BCUT2D eigenvalue weighted by molar-refractivity contribution is -0.117. The molecule has 1 atom stereocenters. The van der Waals surface area contributed by atoms with Gasteiger partial charge in [0.1, 0.15) is 0 Å². The van der Waals surface area contributed by atoms with Gasteiger partial charge in [-0.05, 0) is 56.5 Å². The maximum atomic E-state index is 12.3. The van der Waals surface area contributed by atoms with E-state index in [1.54, 1.807) is 0 Å². The minimum atomic E-state index is -0.0904. The van der Waals surface area contributed by atoms with Gasteiger partial charge in [0.2, 0.25) is 5.91 Å². The van der Waals surface area contributed by atoms with Crippen molar-refractivity contribution >= 4 is 23.3 Å². The Balaban J connectivity index is 1.52. The second kappa shape index (κ2) is 8.15. The van der Waals surface area contributed by atoms with Crippen molar-refractivity contribution in [3.05, 3.63) is 24.3 Å². The Kier molecular flexibility index (Phi) is 5.69. The van der Waals surface area contributed by atoms with Crippen LogP contribution >= 0.6 is 0 Å². The highest BCUT2D eigenvalue weighted by Gasteiger charge is 2.21. The van der Waals surface area contributed by atoms with Gasteiger partial charge in [-0.1, -0.05) is 12.8 Å². The average molecular weight is 330 g/mol. The van der Waals surface area contributed by atoms with E-state index in [9.17, 15) is 9.59 Å². The lowest BCUT2D eigenvalue weighted by Gasteiger charge is -2.20. The summed E-state index contributed by atoms with van der Waals surface area (Å²) in [5.41, 5.74) is 1.50. The Morgan fingerprint density at radius 1 is 0.917 bits per heavy atom. The quantitative estimate of drug-likeness (QED) is 0.798. The molecule has 3 amide bonds. The van der Waals surface area contributed by atoms with E-state index in [-0.39, 0.29) is 18.0 Å². The maximum Gasteiger partial charge on any atom is 0.321 e. The van der Waals surface area contributed by atoms with Crippen LogP contribution in [0.5, 0.6) is 0 Å². The molecule has 6 nitrogen and oxygen atoms in total. The molecule has 0 aromatic heterocycles. The second-order valence-electron chi connectivity index (χ2n) is 6.55. The molecule has 1 unspecified atom stereocenters. The minimum Gasteiger partial charge on any atom is -0.325 e. The van der Waals surface area contributed by atoms with Crippen LogP contribution in [0.1, 0.15) is 38.5 Å². The standard InChI is InChI=1S/C18H26N4O2/c23-17(16-6-5-11-19-16)20-14-7-9-15(10-8-14)21-18(24)22-12-3-1-2-4-13-22/h7-10,16,19H,1-6,11-13H2,(H,20,23)(H,21,24). The van der Waals surface area contributed by atoms with E-state index in [4.69, 9.17) is 0 Å². The van der Waals surface area contributed by atoms with Gasteiger partial charge in [-0.3, -0.25) is 4.79 Å². The molecule has 0 saturated carbocycles. The number of likely N-dealkylation sites (tertiary alicyclic amines) is 1. The molecule has 2 aliphatic rings. The number of urea groups is 1. The van der Waals surface area contributed by atoms with Crippen molar-refractivity contribution in [1.29, 1.82) is 0 Å². The fourth-order valence-electron chi connectivity index (χ4n) is 3.25. The fourth-order valence-corrected chi connectivity index (χ4v) is 3.25. The fraction of sp³-hybridized carbons (Fsp3) is 0.556. The third kappa shape index (κ3) is 4.47. The van der Waals surface area contributed by atoms with E-state index >= 15 is 0 Å². The molecule has 6 heteroatoms. The van der Waals surface area contributed by atoms with E-state index < -0.39 is 0 Å². The van der Waals surface area contributed by atoms with Crippen LogP contribution in [0, 0.1) is 0 Å². The Morgan fingerprint density at radius 2 is 1.54 bits per heavy atom. The highest BCUT2D eigenvalue weighted by atomic mass is 16.2. The van der Waals surface area contributed by atoms with Crippen molar-refractivity contribution in [3.63, 3.8) is 0 Å². The highest BCUT2D eigenvalue weighted by Crippen LogP contribution is 2.17. The predicted octanol–water partition coefficient (Wildman–Crippen LogP) is 2.79. The number of benzene rings is 1. The molecule has 1 aromatic carbocycles. The molecule has 2 fully saturated rings. The molecule has 1 aromatic rings. The van der Waals surface area contributed by atoms with E-state index in [0.29, 0.717) is 0 Å². The summed E-state index contributed by atoms with van der Waals surface area (Å²) in [5.74, 6) is 0.00820. The first kappa shape index (κ1) is 16.8. The van der Waals surface area contributed by atoms with Gasteiger partial charge in [0.05, 0.1) is 6.04 Å². The predicted molar refractivity (Wildman–Crippen MR) is 95.2 cm³/mol. The molecule has 0 aliphatic carbocycles. The van der Waals surface area contributed by atoms with Gasteiger partial charge in [0.25, 0.3) is 0 Å². The first-order valence-electron chi connectivity index (χ1n) is 8.92. The smallest absolute Gasteiger partial charge is 0.321 e. The van der Waals surface area contributed by atoms with Crippen LogP contribution < -0.4 is 16.0 Å². The van der Waals surface area contributed by atoms with Gasteiger partial charge in [0.15, 0.2) is 0 Å². The Hall–Kier alpha value is -2.08. The third-order valence-corrected chi connectivity index (χ3v) is 4.67. The summed E-state index contributed by atoms with van der Waals surface area (Å²) < 4.78 is 0. The number of carbonyl (C=O) groups excluding carboxylic acids is 2. The van der Waals surface area contributed by atoms with Crippen molar-refractivity contribution in [1.82, 2.24) is 10.2 Å². The Labute approximate surface area is 143 Å². The van der Waals surface area contributed by atoms with Gasteiger partial charge < -0.3 is 20.9 Å². The molecule has 2 saturated heterocycles. The van der Waals surface area contributed by atoms with E-state index in [1.807, 2.05) is 29.2 Å². The van der Waals surface area contributed by atoms with Crippen LogP contribution in [-0.2, 0) is 4.79 Å². The summed E-state index contributed by atoms with van der Waals surface area (Å²) in [4.78, 5) is 26.2. The summed E-state index contributed by atoms with van der Waals surface area (Å²) in [6, 6.07) is 7.17. The number of amides is 3. The first-order chi connectivity index (χ1) is 11.7. The minimum absolute atomic E-state index is 0.00820. The molecule has 3 N–H and O–H groups in total. The summed E-state index contributed by atoms with van der Waals surface area (Å²) in [7, 11) is 0. The molecular weight excluding hydrogens is 304 g/mol. The molecule has 0 radical (unpaired) electrons. The number of hydrogen-bond acceptors (Lipinski definition) is 3. The van der Waals surface area contributed by atoms with Crippen molar-refractivity contribution in [2.75, 3.05) is 30.3 Å². The topological polar surface area (TPSA) is 73.5 Å². The third-order valence-electron chi connectivity index (χ3n) is 4.67. The number of nitrogens with one attached hydrogen (secondary N) is 3. The summed E-state index contributed by atoms with van der Waals surface area (Å²) in [6.07, 6.45) is 6.48. The molecule has 3 rings (SSSR count). The van der Waals surface area contributed by atoms with E-state index in [2.05, 4.69) is 16.0 Å². The summed E-state index contributed by atoms with van der Waals surface area (Å²) >= 11 is 0. The van der Waals surface area contributed by atoms with Crippen LogP contribution in [0.15, 0.2) is 24.3 Å². The van der Waals surface area contributed by atoms with E-state index in [0.717, 1.165) is 56.7 Å². The normalized spacial score (nSPS) is 21.2. The highest BCUT2D eigenvalue weighted by molar-refractivity contribution is 5.95. The first-order valence-corrected chi connectivity index (χ1v) is 8.92. The van der Waals surface area contributed by atoms with Gasteiger partial charge in [-0.15, -0.1) is 0 Å². The largest absolute Gasteiger partial charge is 0.325 e. The molecule has 130 valence electrons. The van der Waals surface area contributed by atoms with Crippen molar-refractivity contribution in [2.24, 2.45) is 0 Å². The van der Waals surface area contributed by atoms with E-state index in [1.165, 1.54) is 12.8 Å². The monoisotopic (exact) mass is 330 g/mol. The Bertz CT molecular complexity index is 559. The zero-order chi connectivity index (χ0) is 16.8. The molecule has 0 bridgehead atoms. The van der Waals surface area contributed by atoms with Crippen LogP contribution in [0.2, 0.25) is 0 Å². The zero-order valence-electron chi connectivity index (χ0n) is 14.0. The van der Waals surface area contributed by atoms with Crippen LogP contribution in [0.25, 0.3) is 0 Å². The SMILES string of the molecule is O=C(Nc1ccc(NC(=O)N2CCCCCC2)cc1)C1CCCN1. The molecule has 2 aliphatic heterocycles. The number of carbonyl (C=O) groups is 2. The van der Waals surface area contributed by atoms with Crippen LogP contribution in [0.3, 0.4) is 0 Å². The number of anilines is 2. The zero-order valence-corrected chi connectivity index (χ0v) is 14.0. The Morgan fingerprint density at radius 3 is 2.12 bits per heavy atom. The second-order valence-corrected chi connectivity index (χ2v) is 6.55. The summed E-state index contributed by atoms with van der Waals surface area (Å²) in [5, 5.41) is 9.03. The van der Waals surface area contributed by atoms with Gasteiger partial charge in [0, 0.05) is 24.5 Å². The lowest BCUT2D eigenvalue weighted by atomic mass is 10.2. The van der Waals surface area contributed by atoms with Gasteiger partial charge >= 0.3 is 6.03 Å². The molecule has 24 heavy (non-hydrogen) atoms. The van der Waals surface area contributed by atoms with Crippen molar-refractivity contribution in [3.8, 4) is 0 Å². The molecular formula is C18H26N4O2. The number of rotatable bonds is 3. The number of hydrogen-bond donors (Lipinski definition) is 3. The lowest BCUT2D eigenvalue weighted by Crippen LogP contribution is -2.35.